The van der Waals surface area contributed by atoms with E-state index in [-0.39, 0.29) is 6.61 Å². The summed E-state index contributed by atoms with van der Waals surface area (Å²) in [5.41, 5.74) is 0. The fourth-order valence-corrected chi connectivity index (χ4v) is 0.126. The van der Waals surface area contributed by atoms with Gasteiger partial charge in [0, 0.05) is 0 Å². The quantitative estimate of drug-likeness (QED) is 0.310. The highest BCUT2D eigenvalue weighted by Crippen LogP contribution is 1.87. The lowest BCUT2D eigenvalue weighted by atomic mass is 10.9. The van der Waals surface area contributed by atoms with Crippen molar-refractivity contribution in [1.82, 2.24) is 0 Å². The average molecular weight is 174 g/mol. The Labute approximate surface area is 60.2 Å². The molecule has 0 radical (unpaired) electrons. The Morgan fingerprint density at radius 2 is 1.45 bits per heavy atom. The van der Waals surface area contributed by atoms with Crippen molar-refractivity contribution >= 4 is 0 Å². The van der Waals surface area contributed by atoms with Crippen LogP contribution in [-0.2, 0) is 40.2 Å². The first kappa shape index (κ1) is 10.6. The molecule has 0 saturated carbocycles. The zero-order valence-corrected chi connectivity index (χ0v) is 5.42. The van der Waals surface area contributed by atoms with Gasteiger partial charge in [0.25, 0.3) is 0 Å². The fraction of sp³-hybridized carbons (Fsp3) is 1.00. The van der Waals surface area contributed by atoms with Crippen LogP contribution in [0, 0.1) is 0 Å². The van der Waals surface area contributed by atoms with Crippen molar-refractivity contribution in [2.24, 2.45) is 0 Å². The maximum absolute atomic E-state index is 7.43. The minimum absolute atomic E-state index is 0.250. The number of hydrogen-bond donors (Lipinski definition) is 1. The molecule has 0 fully saturated rings. The SMILES string of the molecule is CCOOOOOOOOO. The summed E-state index contributed by atoms with van der Waals surface area (Å²) in [5, 5.41) is 31.5. The maximum atomic E-state index is 7.43. The van der Waals surface area contributed by atoms with Gasteiger partial charge >= 0.3 is 0 Å². The summed E-state index contributed by atoms with van der Waals surface area (Å²) in [6.07, 6.45) is 0. The van der Waals surface area contributed by atoms with E-state index in [9.17, 15) is 0 Å². The summed E-state index contributed by atoms with van der Waals surface area (Å²) in [5.74, 6) is 0. The van der Waals surface area contributed by atoms with E-state index in [1.54, 1.807) is 6.92 Å². The molecule has 0 unspecified atom stereocenters. The van der Waals surface area contributed by atoms with Gasteiger partial charge in [0.15, 0.2) is 0 Å². The molecular weight excluding hydrogens is 168 g/mol. The van der Waals surface area contributed by atoms with Crippen molar-refractivity contribution in [3.63, 3.8) is 0 Å². The van der Waals surface area contributed by atoms with Crippen LogP contribution in [0.5, 0.6) is 0 Å². The van der Waals surface area contributed by atoms with Crippen LogP contribution in [0.2, 0.25) is 0 Å². The molecule has 0 aliphatic heterocycles. The molecule has 0 aromatic carbocycles. The molecular formula is C2H6O9. The van der Waals surface area contributed by atoms with Crippen LogP contribution < -0.4 is 0 Å². The molecule has 9 nitrogen and oxygen atoms in total. The van der Waals surface area contributed by atoms with Gasteiger partial charge in [-0.15, -0.1) is 0 Å². The van der Waals surface area contributed by atoms with Crippen LogP contribution in [0.3, 0.4) is 0 Å². The van der Waals surface area contributed by atoms with E-state index < -0.39 is 0 Å². The molecule has 0 atom stereocenters. The summed E-state index contributed by atoms with van der Waals surface area (Å²) >= 11 is 0. The normalized spacial score (nSPS) is 10.4. The summed E-state index contributed by atoms with van der Waals surface area (Å²) in [6.45, 7) is 1.89. The van der Waals surface area contributed by atoms with Gasteiger partial charge < -0.3 is 0 Å². The van der Waals surface area contributed by atoms with Crippen LogP contribution in [0.25, 0.3) is 0 Å². The zero-order chi connectivity index (χ0) is 8.36. The van der Waals surface area contributed by atoms with E-state index in [2.05, 4.69) is 40.2 Å². The van der Waals surface area contributed by atoms with Gasteiger partial charge in [-0.2, -0.15) is 0 Å². The molecule has 0 rings (SSSR count). The first-order valence-corrected chi connectivity index (χ1v) is 2.35. The van der Waals surface area contributed by atoms with Crippen LogP contribution in [0.1, 0.15) is 6.92 Å². The third kappa shape index (κ3) is 9.64. The molecule has 0 heterocycles. The Morgan fingerprint density at radius 1 is 0.909 bits per heavy atom. The molecule has 0 saturated heterocycles. The van der Waals surface area contributed by atoms with Crippen molar-refractivity contribution in [1.29, 1.82) is 0 Å². The Kier molecular flexibility index (Phi) is 9.32. The topological polar surface area (TPSA) is 94.1 Å². The maximum Gasteiger partial charge on any atom is 0.0826 e. The van der Waals surface area contributed by atoms with Crippen LogP contribution >= 0.6 is 0 Å². The number of rotatable bonds is 8. The predicted molar refractivity (Wildman–Crippen MR) is 21.8 cm³/mol. The van der Waals surface area contributed by atoms with E-state index in [1.807, 2.05) is 0 Å². The summed E-state index contributed by atoms with van der Waals surface area (Å²) in [4.78, 5) is 4.14. The Hall–Kier alpha value is -0.360. The van der Waals surface area contributed by atoms with E-state index in [1.165, 1.54) is 0 Å². The molecule has 11 heavy (non-hydrogen) atoms. The van der Waals surface area contributed by atoms with Crippen LogP contribution in [0.15, 0.2) is 0 Å². The van der Waals surface area contributed by atoms with Crippen LogP contribution in [0.4, 0.5) is 0 Å². The molecule has 9 heteroatoms. The summed E-state index contributed by atoms with van der Waals surface area (Å²) < 4.78 is 0. The second kappa shape index (κ2) is 9.64. The predicted octanol–water partition coefficient (Wildman–Crippen LogP) is 0.0171. The van der Waals surface area contributed by atoms with Crippen LogP contribution in [-0.4, -0.2) is 11.9 Å². The third-order valence-electron chi connectivity index (χ3n) is 0.335. The molecule has 1 N–H and O–H groups in total. The Bertz CT molecular complexity index is 56.6. The minimum atomic E-state index is 0.250. The summed E-state index contributed by atoms with van der Waals surface area (Å²) in [7, 11) is 0. The lowest BCUT2D eigenvalue weighted by Crippen LogP contribution is -2.01. The minimum Gasteiger partial charge on any atom is -0.219 e. The molecule has 0 amide bonds. The smallest absolute Gasteiger partial charge is 0.0826 e. The second-order valence-electron chi connectivity index (χ2n) is 0.889. The highest BCUT2D eigenvalue weighted by atomic mass is 17.9. The van der Waals surface area contributed by atoms with Gasteiger partial charge in [-0.3, -0.25) is 0 Å². The van der Waals surface area contributed by atoms with Gasteiger partial charge in [-0.05, 0) is 42.2 Å². The largest absolute Gasteiger partial charge is 0.219 e. The van der Waals surface area contributed by atoms with Gasteiger partial charge in [-0.25, -0.2) is 10.1 Å². The van der Waals surface area contributed by atoms with Crippen molar-refractivity contribution in [3.8, 4) is 0 Å². The number of hydrogen-bond acceptors (Lipinski definition) is 9. The molecule has 0 bridgehead atoms. The standard InChI is InChI=1S/C2H6O9/c1-2-4-6-8-10-11-9-7-5-3/h3H,2H2,1H3. The van der Waals surface area contributed by atoms with E-state index in [0.29, 0.717) is 0 Å². The summed E-state index contributed by atoms with van der Waals surface area (Å²) in [6, 6.07) is 0. The highest BCUT2D eigenvalue weighted by Gasteiger charge is 1.92. The third-order valence-corrected chi connectivity index (χ3v) is 0.335. The molecule has 68 valence electrons. The Balaban J connectivity index is 2.69. The van der Waals surface area contributed by atoms with Crippen molar-refractivity contribution in [3.05, 3.63) is 0 Å². The molecule has 0 aliphatic carbocycles. The Morgan fingerprint density at radius 3 is 2.00 bits per heavy atom. The van der Waals surface area contributed by atoms with Gasteiger partial charge in [0.2, 0.25) is 0 Å². The monoisotopic (exact) mass is 174 g/mol. The fourth-order valence-electron chi connectivity index (χ4n) is 0.126. The van der Waals surface area contributed by atoms with Crippen molar-refractivity contribution in [2.45, 2.75) is 6.92 Å². The highest BCUT2D eigenvalue weighted by molar-refractivity contribution is 3.89. The van der Waals surface area contributed by atoms with Crippen molar-refractivity contribution in [2.75, 3.05) is 6.61 Å². The molecule has 0 aromatic heterocycles. The zero-order valence-electron chi connectivity index (χ0n) is 5.42. The lowest BCUT2D eigenvalue weighted by molar-refractivity contribution is -0.830. The second-order valence-corrected chi connectivity index (χ2v) is 0.889. The van der Waals surface area contributed by atoms with E-state index in [4.69, 9.17) is 5.26 Å². The van der Waals surface area contributed by atoms with Crippen molar-refractivity contribution < 1.29 is 45.4 Å². The molecule has 0 aromatic rings. The van der Waals surface area contributed by atoms with E-state index in [0.717, 1.165) is 0 Å². The first-order chi connectivity index (χ1) is 5.41. The first-order valence-electron chi connectivity index (χ1n) is 2.35. The average Bonchev–Trinajstić information content (AvgIpc) is 2.03. The van der Waals surface area contributed by atoms with Gasteiger partial charge in [-0.1, -0.05) is 0 Å². The van der Waals surface area contributed by atoms with Gasteiger partial charge in [0.05, 0.1) is 6.61 Å². The molecule has 0 aliphatic rings. The molecule has 0 spiro atoms. The van der Waals surface area contributed by atoms with Gasteiger partial charge in [0.1, 0.15) is 0 Å². The lowest BCUT2D eigenvalue weighted by Gasteiger charge is -1.96. The van der Waals surface area contributed by atoms with E-state index >= 15 is 0 Å².